The molecule has 0 aliphatic carbocycles. The SMILES string of the molecule is CN1CCN(CCC(=O)N2[C@@H]3CC[C@H]2CN(c2nc(OC[C@@H]4CCCN4C)nc4cc(-c5cc(O)cc6ccccc56)ccc24)C3)CC1. The van der Waals surface area contributed by atoms with E-state index in [2.05, 4.69) is 62.9 Å². The van der Waals surface area contributed by atoms with E-state index in [-0.39, 0.29) is 17.8 Å². The second-order valence-electron chi connectivity index (χ2n) is 14.3. The smallest absolute Gasteiger partial charge is 0.319 e. The van der Waals surface area contributed by atoms with Gasteiger partial charge < -0.3 is 34.3 Å². The predicted octanol–water partition coefficient (Wildman–Crippen LogP) is 4.45. The average molecular weight is 650 g/mol. The van der Waals surface area contributed by atoms with Gasteiger partial charge in [0.15, 0.2) is 0 Å². The summed E-state index contributed by atoms with van der Waals surface area (Å²) in [6, 6.07) is 19.2. The Morgan fingerprint density at radius 3 is 2.46 bits per heavy atom. The molecule has 1 amide bonds. The van der Waals surface area contributed by atoms with Gasteiger partial charge in [-0.05, 0) is 92.5 Å². The molecule has 4 saturated heterocycles. The molecule has 0 radical (unpaired) electrons. The minimum atomic E-state index is 0.184. The van der Waals surface area contributed by atoms with E-state index in [0.29, 0.717) is 31.0 Å². The first-order valence-corrected chi connectivity index (χ1v) is 17.7. The highest BCUT2D eigenvalue weighted by atomic mass is 16.5. The fraction of sp³-hybridized carbons (Fsp3) is 0.500. The van der Waals surface area contributed by atoms with Gasteiger partial charge in [-0.25, -0.2) is 0 Å². The molecule has 0 saturated carbocycles. The monoisotopic (exact) mass is 649 g/mol. The minimum Gasteiger partial charge on any atom is -0.508 e. The van der Waals surface area contributed by atoms with Gasteiger partial charge in [-0.15, -0.1) is 0 Å². The molecule has 48 heavy (non-hydrogen) atoms. The Morgan fingerprint density at radius 2 is 1.69 bits per heavy atom. The third kappa shape index (κ3) is 6.17. The number of phenols is 1. The molecule has 4 aliphatic heterocycles. The zero-order valence-electron chi connectivity index (χ0n) is 28.2. The van der Waals surface area contributed by atoms with Crippen molar-refractivity contribution in [1.82, 2.24) is 29.6 Å². The highest BCUT2D eigenvalue weighted by molar-refractivity contribution is 6.01. The average Bonchev–Trinajstić information content (AvgIpc) is 3.63. The topological polar surface area (TPSA) is 88.5 Å². The summed E-state index contributed by atoms with van der Waals surface area (Å²) < 4.78 is 6.36. The number of amides is 1. The summed E-state index contributed by atoms with van der Waals surface area (Å²) in [6.45, 7) is 8.21. The van der Waals surface area contributed by atoms with Crippen LogP contribution in [0.5, 0.6) is 11.8 Å². The molecule has 8 rings (SSSR count). The third-order valence-electron chi connectivity index (χ3n) is 11.2. The van der Waals surface area contributed by atoms with Gasteiger partial charge in [-0.2, -0.15) is 9.97 Å². The second-order valence-corrected chi connectivity index (χ2v) is 14.3. The highest BCUT2D eigenvalue weighted by Gasteiger charge is 2.43. The summed E-state index contributed by atoms with van der Waals surface area (Å²) >= 11 is 0. The van der Waals surface area contributed by atoms with Gasteiger partial charge in [0.2, 0.25) is 5.91 Å². The van der Waals surface area contributed by atoms with Crippen molar-refractivity contribution in [3.63, 3.8) is 0 Å². The van der Waals surface area contributed by atoms with Crippen LogP contribution in [0.3, 0.4) is 0 Å². The van der Waals surface area contributed by atoms with Gasteiger partial charge in [0.05, 0.1) is 5.52 Å². The van der Waals surface area contributed by atoms with Crippen molar-refractivity contribution < 1.29 is 14.6 Å². The van der Waals surface area contributed by atoms with Gasteiger partial charge in [0.1, 0.15) is 18.2 Å². The number of carbonyl (C=O) groups excluding carboxylic acids is 1. The number of carbonyl (C=O) groups is 1. The van der Waals surface area contributed by atoms with Crippen LogP contribution in [0.25, 0.3) is 32.8 Å². The predicted molar refractivity (Wildman–Crippen MR) is 190 cm³/mol. The maximum Gasteiger partial charge on any atom is 0.319 e. The number of nitrogens with zero attached hydrogens (tertiary/aromatic N) is 7. The first-order chi connectivity index (χ1) is 23.4. The van der Waals surface area contributed by atoms with Crippen LogP contribution >= 0.6 is 0 Å². The number of likely N-dealkylation sites (N-methyl/N-ethyl adjacent to an activating group) is 2. The van der Waals surface area contributed by atoms with E-state index < -0.39 is 0 Å². The van der Waals surface area contributed by atoms with Crippen LogP contribution in [0, 0.1) is 0 Å². The lowest BCUT2D eigenvalue weighted by molar-refractivity contribution is -0.135. The van der Waals surface area contributed by atoms with Crippen LogP contribution in [0.2, 0.25) is 0 Å². The Bertz CT molecular complexity index is 1790. The van der Waals surface area contributed by atoms with E-state index >= 15 is 0 Å². The number of piperazine rings is 2. The number of rotatable bonds is 8. The number of aromatic nitrogens is 2. The quantitative estimate of drug-likeness (QED) is 0.298. The van der Waals surface area contributed by atoms with Crippen LogP contribution in [-0.2, 0) is 4.79 Å². The zero-order valence-corrected chi connectivity index (χ0v) is 28.2. The number of hydrogen-bond donors (Lipinski definition) is 1. The van der Waals surface area contributed by atoms with Crippen molar-refractivity contribution >= 4 is 33.4 Å². The molecule has 1 N–H and O–H groups in total. The molecular formula is C38H47N7O3. The number of aromatic hydroxyl groups is 1. The Labute approximate surface area is 282 Å². The Hall–Kier alpha value is -3.99. The van der Waals surface area contributed by atoms with E-state index in [9.17, 15) is 9.90 Å². The van der Waals surface area contributed by atoms with E-state index in [1.807, 2.05) is 24.3 Å². The Balaban J connectivity index is 1.08. The van der Waals surface area contributed by atoms with Crippen molar-refractivity contribution in [2.75, 3.05) is 78.0 Å². The molecule has 4 aromatic rings. The van der Waals surface area contributed by atoms with Crippen LogP contribution in [0.1, 0.15) is 32.1 Å². The molecule has 4 aliphatic rings. The number of anilines is 1. The van der Waals surface area contributed by atoms with Crippen LogP contribution < -0.4 is 9.64 Å². The number of fused-ring (bicyclic) bond motifs is 4. The van der Waals surface area contributed by atoms with Crippen LogP contribution in [0.15, 0.2) is 54.6 Å². The lowest BCUT2D eigenvalue weighted by Crippen LogP contribution is -2.56. The molecule has 252 valence electrons. The summed E-state index contributed by atoms with van der Waals surface area (Å²) in [5, 5.41) is 13.6. The lowest BCUT2D eigenvalue weighted by atomic mass is 9.97. The lowest BCUT2D eigenvalue weighted by Gasteiger charge is -2.42. The molecule has 3 atom stereocenters. The zero-order chi connectivity index (χ0) is 32.8. The van der Waals surface area contributed by atoms with Crippen molar-refractivity contribution in [2.24, 2.45) is 0 Å². The van der Waals surface area contributed by atoms with E-state index in [0.717, 1.165) is 110 Å². The molecule has 3 aromatic carbocycles. The van der Waals surface area contributed by atoms with Crippen molar-refractivity contribution in [1.29, 1.82) is 0 Å². The van der Waals surface area contributed by atoms with E-state index in [1.165, 1.54) is 6.42 Å². The first kappa shape index (κ1) is 31.3. The van der Waals surface area contributed by atoms with Crippen molar-refractivity contribution in [3.05, 3.63) is 54.6 Å². The molecular weight excluding hydrogens is 602 g/mol. The number of phenolic OH excluding ortho intramolecular Hbond substituents is 1. The summed E-state index contributed by atoms with van der Waals surface area (Å²) in [4.78, 5) is 35.3. The fourth-order valence-corrected chi connectivity index (χ4v) is 8.40. The van der Waals surface area contributed by atoms with Gasteiger partial charge >= 0.3 is 6.01 Å². The molecule has 5 heterocycles. The number of ether oxygens (including phenoxy) is 1. The van der Waals surface area contributed by atoms with Crippen molar-refractivity contribution in [2.45, 2.75) is 50.2 Å². The normalized spacial score (nSPS) is 23.8. The molecule has 0 spiro atoms. The standard InChI is InChI=1S/C38H47N7O3/c1-41-16-18-43(19-17-41)15-13-36(47)45-28-10-11-29(45)24-44(23-28)37-33-12-9-27(34-22-31(46)20-26-6-3-4-8-32(26)34)21-35(33)39-38(40-37)48-25-30-7-5-14-42(30)2/h3-4,6,8-9,12,20-22,28-30,46H,5,7,10-11,13-19,23-25H2,1-2H3/t28-,29+,30-/m0/s1. The molecule has 10 heteroatoms. The van der Waals surface area contributed by atoms with Crippen LogP contribution in [-0.4, -0.2) is 132 Å². The molecule has 10 nitrogen and oxygen atoms in total. The number of benzene rings is 3. The van der Waals surface area contributed by atoms with Gasteiger partial charge in [0, 0.05) is 75.7 Å². The van der Waals surface area contributed by atoms with Gasteiger partial charge in [-0.3, -0.25) is 4.79 Å². The third-order valence-corrected chi connectivity index (χ3v) is 11.2. The summed E-state index contributed by atoms with van der Waals surface area (Å²) in [6.07, 6.45) is 4.93. The minimum absolute atomic E-state index is 0.184. The van der Waals surface area contributed by atoms with Crippen LogP contribution in [0.4, 0.5) is 5.82 Å². The van der Waals surface area contributed by atoms with Gasteiger partial charge in [-0.1, -0.05) is 30.3 Å². The van der Waals surface area contributed by atoms with E-state index in [1.54, 1.807) is 6.07 Å². The Kier molecular flexibility index (Phi) is 8.56. The summed E-state index contributed by atoms with van der Waals surface area (Å²) in [7, 11) is 4.32. The number of hydrogen-bond acceptors (Lipinski definition) is 9. The Morgan fingerprint density at radius 1 is 0.896 bits per heavy atom. The number of likely N-dealkylation sites (tertiary alicyclic amines) is 1. The maximum atomic E-state index is 13.6. The van der Waals surface area contributed by atoms with Crippen molar-refractivity contribution in [3.8, 4) is 22.9 Å². The summed E-state index contributed by atoms with van der Waals surface area (Å²) in [5.74, 6) is 1.41. The highest BCUT2D eigenvalue weighted by Crippen LogP contribution is 2.38. The van der Waals surface area contributed by atoms with E-state index in [4.69, 9.17) is 14.7 Å². The molecule has 4 fully saturated rings. The first-order valence-electron chi connectivity index (χ1n) is 17.7. The maximum absolute atomic E-state index is 13.6. The molecule has 1 aromatic heterocycles. The largest absolute Gasteiger partial charge is 0.508 e. The fourth-order valence-electron chi connectivity index (χ4n) is 8.40. The van der Waals surface area contributed by atoms with Gasteiger partial charge in [0.25, 0.3) is 0 Å². The summed E-state index contributed by atoms with van der Waals surface area (Å²) in [5.41, 5.74) is 2.76. The molecule has 2 bridgehead atoms. The molecule has 0 unspecified atom stereocenters. The second kappa shape index (κ2) is 13.1.